The van der Waals surface area contributed by atoms with Crippen molar-refractivity contribution in [2.75, 3.05) is 0 Å². The zero-order valence-electron chi connectivity index (χ0n) is 15.5. The zero-order chi connectivity index (χ0) is 19.2. The van der Waals surface area contributed by atoms with Crippen molar-refractivity contribution in [2.24, 2.45) is 0 Å². The SMILES string of the molecule is Cc1ccc([C@@H](CC(=O)NCc2nc(C)cc(=O)[nH]2)c2ccccc2)cc1. The molecule has 0 aliphatic carbocycles. The molecule has 0 saturated carbocycles. The fourth-order valence-corrected chi connectivity index (χ4v) is 3.08. The summed E-state index contributed by atoms with van der Waals surface area (Å²) in [7, 11) is 0. The lowest BCUT2D eigenvalue weighted by Crippen LogP contribution is -2.27. The molecular weight excluding hydrogens is 338 g/mol. The first-order chi connectivity index (χ1) is 13.0. The van der Waals surface area contributed by atoms with Gasteiger partial charge in [-0.1, -0.05) is 60.2 Å². The standard InChI is InChI=1S/C22H23N3O2/c1-15-8-10-18(11-9-15)19(17-6-4-3-5-7-17)13-21(26)23-14-20-24-16(2)12-22(27)25-20/h3-12,19H,13-14H2,1-2H3,(H,23,26)(H,24,25,27)/t19-/m0/s1. The lowest BCUT2D eigenvalue weighted by Gasteiger charge is -2.18. The highest BCUT2D eigenvalue weighted by Crippen LogP contribution is 2.28. The molecule has 1 aromatic heterocycles. The van der Waals surface area contributed by atoms with Gasteiger partial charge in [0.15, 0.2) is 0 Å². The molecule has 0 aliphatic rings. The summed E-state index contributed by atoms with van der Waals surface area (Å²) in [4.78, 5) is 31.0. The molecule has 0 unspecified atom stereocenters. The van der Waals surface area contributed by atoms with E-state index < -0.39 is 0 Å². The van der Waals surface area contributed by atoms with Crippen LogP contribution in [0.3, 0.4) is 0 Å². The maximum Gasteiger partial charge on any atom is 0.251 e. The quantitative estimate of drug-likeness (QED) is 0.708. The molecule has 5 heteroatoms. The average molecular weight is 361 g/mol. The van der Waals surface area contributed by atoms with Gasteiger partial charge in [-0.15, -0.1) is 0 Å². The lowest BCUT2D eigenvalue weighted by atomic mass is 9.88. The van der Waals surface area contributed by atoms with Crippen LogP contribution in [0.4, 0.5) is 0 Å². The summed E-state index contributed by atoms with van der Waals surface area (Å²) < 4.78 is 0. The van der Waals surface area contributed by atoms with Gasteiger partial charge in [0.05, 0.1) is 6.54 Å². The Balaban J connectivity index is 1.74. The number of carbonyl (C=O) groups excluding carboxylic acids is 1. The second-order valence-corrected chi connectivity index (χ2v) is 6.69. The van der Waals surface area contributed by atoms with Crippen LogP contribution >= 0.6 is 0 Å². The smallest absolute Gasteiger partial charge is 0.251 e. The van der Waals surface area contributed by atoms with Gasteiger partial charge in [-0.05, 0) is 25.0 Å². The summed E-state index contributed by atoms with van der Waals surface area (Å²) >= 11 is 0. The van der Waals surface area contributed by atoms with Crippen molar-refractivity contribution in [1.29, 1.82) is 0 Å². The van der Waals surface area contributed by atoms with Crippen molar-refractivity contribution in [3.63, 3.8) is 0 Å². The molecule has 27 heavy (non-hydrogen) atoms. The minimum Gasteiger partial charge on any atom is -0.349 e. The van der Waals surface area contributed by atoms with E-state index in [1.54, 1.807) is 6.92 Å². The van der Waals surface area contributed by atoms with E-state index in [-0.39, 0.29) is 23.9 Å². The number of aryl methyl sites for hydroxylation is 2. The minimum absolute atomic E-state index is 0.0312. The van der Waals surface area contributed by atoms with Crippen molar-refractivity contribution in [3.05, 3.63) is 99.2 Å². The summed E-state index contributed by atoms with van der Waals surface area (Å²) in [5.74, 6) is 0.338. The number of rotatable bonds is 6. The van der Waals surface area contributed by atoms with Gasteiger partial charge in [-0.2, -0.15) is 0 Å². The first-order valence-corrected chi connectivity index (χ1v) is 8.96. The Morgan fingerprint density at radius 2 is 1.70 bits per heavy atom. The molecule has 3 aromatic rings. The number of amides is 1. The first-order valence-electron chi connectivity index (χ1n) is 8.96. The monoisotopic (exact) mass is 361 g/mol. The van der Waals surface area contributed by atoms with Crippen molar-refractivity contribution in [2.45, 2.75) is 32.7 Å². The highest BCUT2D eigenvalue weighted by Gasteiger charge is 2.18. The third-order valence-corrected chi connectivity index (χ3v) is 4.44. The maximum absolute atomic E-state index is 12.6. The Hall–Kier alpha value is -3.21. The number of nitrogens with one attached hydrogen (secondary N) is 2. The third kappa shape index (κ3) is 5.14. The van der Waals surface area contributed by atoms with Gasteiger partial charge in [0.2, 0.25) is 5.91 Å². The van der Waals surface area contributed by atoms with Gasteiger partial charge in [-0.25, -0.2) is 4.98 Å². The van der Waals surface area contributed by atoms with Crippen molar-refractivity contribution in [1.82, 2.24) is 15.3 Å². The molecule has 1 heterocycles. The van der Waals surface area contributed by atoms with Crippen molar-refractivity contribution >= 4 is 5.91 Å². The molecule has 0 saturated heterocycles. The van der Waals surface area contributed by atoms with Crippen molar-refractivity contribution in [3.8, 4) is 0 Å². The number of H-pyrrole nitrogens is 1. The number of hydrogen-bond acceptors (Lipinski definition) is 3. The van der Waals surface area contributed by atoms with Crippen LogP contribution in [0.1, 0.15) is 40.5 Å². The van der Waals surface area contributed by atoms with Gasteiger partial charge >= 0.3 is 0 Å². The molecule has 138 valence electrons. The first kappa shape index (κ1) is 18.6. The van der Waals surface area contributed by atoms with E-state index in [0.29, 0.717) is 17.9 Å². The highest BCUT2D eigenvalue weighted by molar-refractivity contribution is 5.77. The van der Waals surface area contributed by atoms with Gasteiger partial charge in [-0.3, -0.25) is 9.59 Å². The molecule has 0 bridgehead atoms. The predicted molar refractivity (Wildman–Crippen MR) is 106 cm³/mol. The molecule has 3 rings (SSSR count). The van der Waals surface area contributed by atoms with Crippen LogP contribution in [0.5, 0.6) is 0 Å². The molecular formula is C22H23N3O2. The zero-order valence-corrected chi connectivity index (χ0v) is 15.5. The highest BCUT2D eigenvalue weighted by atomic mass is 16.1. The number of benzene rings is 2. The molecule has 0 aliphatic heterocycles. The van der Waals surface area contributed by atoms with Crippen LogP contribution in [0.25, 0.3) is 0 Å². The molecule has 1 amide bonds. The summed E-state index contributed by atoms with van der Waals surface area (Å²) in [6.45, 7) is 4.00. The predicted octanol–water partition coefficient (Wildman–Crippen LogP) is 3.23. The molecule has 0 fully saturated rings. The van der Waals surface area contributed by atoms with Gasteiger partial charge in [0.25, 0.3) is 5.56 Å². The summed E-state index contributed by atoms with van der Waals surface area (Å²) in [6.07, 6.45) is 0.323. The van der Waals surface area contributed by atoms with Crippen LogP contribution in [0.15, 0.2) is 65.5 Å². The molecule has 2 aromatic carbocycles. The van der Waals surface area contributed by atoms with E-state index in [1.807, 2.05) is 37.3 Å². The molecule has 2 N–H and O–H groups in total. The van der Waals surface area contributed by atoms with Gasteiger partial charge < -0.3 is 10.3 Å². The molecule has 1 atom stereocenters. The van der Waals surface area contributed by atoms with E-state index in [4.69, 9.17) is 0 Å². The van der Waals surface area contributed by atoms with Crippen LogP contribution in [-0.2, 0) is 11.3 Å². The summed E-state index contributed by atoms with van der Waals surface area (Å²) in [5.41, 5.74) is 3.80. The van der Waals surface area contributed by atoms with Crippen LogP contribution in [-0.4, -0.2) is 15.9 Å². The summed E-state index contributed by atoms with van der Waals surface area (Å²) in [5, 5.41) is 2.86. The Bertz CT molecular complexity index is 963. The Morgan fingerprint density at radius 1 is 1.04 bits per heavy atom. The van der Waals surface area contributed by atoms with E-state index in [1.165, 1.54) is 11.6 Å². The molecule has 0 radical (unpaired) electrons. The van der Waals surface area contributed by atoms with E-state index in [9.17, 15) is 9.59 Å². The van der Waals surface area contributed by atoms with Gasteiger partial charge in [0.1, 0.15) is 5.82 Å². The van der Waals surface area contributed by atoms with Crippen LogP contribution in [0.2, 0.25) is 0 Å². The number of aromatic amines is 1. The number of aromatic nitrogens is 2. The number of hydrogen-bond donors (Lipinski definition) is 2. The number of nitrogens with zero attached hydrogens (tertiary/aromatic N) is 1. The summed E-state index contributed by atoms with van der Waals surface area (Å²) in [6, 6.07) is 19.7. The maximum atomic E-state index is 12.6. The minimum atomic E-state index is -0.214. The Labute approximate surface area is 158 Å². The second-order valence-electron chi connectivity index (χ2n) is 6.69. The van der Waals surface area contributed by atoms with E-state index in [2.05, 4.69) is 39.6 Å². The van der Waals surface area contributed by atoms with Gasteiger partial charge in [0, 0.05) is 24.1 Å². The third-order valence-electron chi connectivity index (χ3n) is 4.44. The van der Waals surface area contributed by atoms with E-state index >= 15 is 0 Å². The van der Waals surface area contributed by atoms with Crippen molar-refractivity contribution < 1.29 is 4.79 Å². The molecule has 5 nitrogen and oxygen atoms in total. The largest absolute Gasteiger partial charge is 0.349 e. The van der Waals surface area contributed by atoms with E-state index in [0.717, 1.165) is 11.1 Å². The number of carbonyl (C=O) groups is 1. The van der Waals surface area contributed by atoms with Crippen LogP contribution < -0.4 is 10.9 Å². The molecule has 0 spiro atoms. The lowest BCUT2D eigenvalue weighted by molar-refractivity contribution is -0.121. The second kappa shape index (κ2) is 8.45. The average Bonchev–Trinajstić information content (AvgIpc) is 2.65. The Morgan fingerprint density at radius 3 is 2.37 bits per heavy atom. The fraction of sp³-hybridized carbons (Fsp3) is 0.227. The van der Waals surface area contributed by atoms with Crippen LogP contribution in [0, 0.1) is 13.8 Å². The topological polar surface area (TPSA) is 74.8 Å². The Kier molecular flexibility index (Phi) is 5.81. The fourth-order valence-electron chi connectivity index (χ4n) is 3.08. The normalized spacial score (nSPS) is 11.8.